The number of nitro benzene ring substituents is 1. The van der Waals surface area contributed by atoms with Crippen molar-refractivity contribution >= 4 is 17.6 Å². The van der Waals surface area contributed by atoms with Crippen molar-refractivity contribution in [1.82, 2.24) is 0 Å². The molecule has 7 nitrogen and oxygen atoms in total. The number of nitro groups is 1. The van der Waals surface area contributed by atoms with Gasteiger partial charge in [-0.2, -0.15) is 5.10 Å². The van der Waals surface area contributed by atoms with Gasteiger partial charge < -0.3 is 9.47 Å². The van der Waals surface area contributed by atoms with Crippen molar-refractivity contribution in [2.45, 2.75) is 6.92 Å². The zero-order valence-electron chi connectivity index (χ0n) is 13.1. The normalized spacial score (nSPS) is 10.6. The topological polar surface area (TPSA) is 86.0 Å². The van der Waals surface area contributed by atoms with E-state index < -0.39 is 4.92 Å². The summed E-state index contributed by atoms with van der Waals surface area (Å²) in [7, 11) is 2.89. The molecule has 2 aromatic carbocycles. The highest BCUT2D eigenvalue weighted by molar-refractivity contribution is 5.87. The Bertz CT molecular complexity index is 727. The van der Waals surface area contributed by atoms with Crippen molar-refractivity contribution in [3.8, 4) is 11.5 Å². The van der Waals surface area contributed by atoms with Crippen molar-refractivity contribution in [2.75, 3.05) is 19.6 Å². The largest absolute Gasteiger partial charge is 0.493 e. The molecule has 0 bridgehead atoms. The number of nitrogens with zero attached hydrogens (tertiary/aromatic N) is 2. The Morgan fingerprint density at radius 3 is 2.30 bits per heavy atom. The molecule has 0 amide bonds. The molecule has 2 rings (SSSR count). The fourth-order valence-electron chi connectivity index (χ4n) is 1.95. The smallest absolute Gasteiger partial charge is 0.282 e. The first-order valence-corrected chi connectivity index (χ1v) is 6.81. The van der Waals surface area contributed by atoms with E-state index >= 15 is 0 Å². The Hall–Kier alpha value is -3.09. The summed E-state index contributed by atoms with van der Waals surface area (Å²) in [5.41, 5.74) is 4.95. The molecule has 0 atom stereocenters. The average molecular weight is 315 g/mol. The highest BCUT2D eigenvalue weighted by Crippen LogP contribution is 2.33. The van der Waals surface area contributed by atoms with E-state index in [-0.39, 0.29) is 5.69 Å². The van der Waals surface area contributed by atoms with E-state index in [4.69, 9.17) is 9.47 Å². The van der Waals surface area contributed by atoms with E-state index in [1.807, 2.05) is 31.2 Å². The molecule has 0 heterocycles. The van der Waals surface area contributed by atoms with Crippen LogP contribution in [0, 0.1) is 17.0 Å². The molecule has 0 saturated carbocycles. The molecule has 2 aromatic rings. The van der Waals surface area contributed by atoms with E-state index in [1.54, 1.807) is 0 Å². The van der Waals surface area contributed by atoms with Crippen LogP contribution in [-0.4, -0.2) is 25.4 Å². The van der Waals surface area contributed by atoms with Gasteiger partial charge in [-0.1, -0.05) is 17.7 Å². The minimum atomic E-state index is -0.491. The lowest BCUT2D eigenvalue weighted by Crippen LogP contribution is -2.00. The van der Waals surface area contributed by atoms with Crippen LogP contribution in [0.5, 0.6) is 11.5 Å². The second-order valence-corrected chi connectivity index (χ2v) is 4.76. The van der Waals surface area contributed by atoms with E-state index in [0.717, 1.165) is 11.3 Å². The maximum Gasteiger partial charge on any atom is 0.282 e. The number of anilines is 1. The number of hydrogen-bond acceptors (Lipinski definition) is 6. The van der Waals surface area contributed by atoms with Crippen molar-refractivity contribution in [2.24, 2.45) is 5.10 Å². The van der Waals surface area contributed by atoms with Gasteiger partial charge in [-0.3, -0.25) is 15.5 Å². The number of nitrogens with one attached hydrogen (secondary N) is 1. The first-order chi connectivity index (χ1) is 11.0. The number of ether oxygens (including phenoxy) is 2. The number of rotatable bonds is 6. The van der Waals surface area contributed by atoms with Gasteiger partial charge in [-0.05, 0) is 25.1 Å². The second kappa shape index (κ2) is 7.26. The summed E-state index contributed by atoms with van der Waals surface area (Å²) in [5, 5.41) is 15.2. The van der Waals surface area contributed by atoms with Crippen molar-refractivity contribution in [3.63, 3.8) is 0 Å². The summed E-state index contributed by atoms with van der Waals surface area (Å²) in [5.74, 6) is 0.692. The molecule has 1 N–H and O–H groups in total. The average Bonchev–Trinajstić information content (AvgIpc) is 2.55. The second-order valence-electron chi connectivity index (χ2n) is 4.76. The lowest BCUT2D eigenvalue weighted by molar-refractivity contribution is -0.385. The molecule has 120 valence electrons. The molecule has 0 fully saturated rings. The summed E-state index contributed by atoms with van der Waals surface area (Å²) in [4.78, 5) is 10.7. The molecule has 0 aromatic heterocycles. The van der Waals surface area contributed by atoms with Gasteiger partial charge in [0.15, 0.2) is 11.5 Å². The number of aryl methyl sites for hydroxylation is 1. The van der Waals surface area contributed by atoms with E-state index in [9.17, 15) is 10.1 Å². The highest BCUT2D eigenvalue weighted by atomic mass is 16.6. The van der Waals surface area contributed by atoms with Crippen LogP contribution in [-0.2, 0) is 0 Å². The number of hydrogen-bond donors (Lipinski definition) is 1. The van der Waals surface area contributed by atoms with Gasteiger partial charge in [0, 0.05) is 0 Å². The third-order valence-corrected chi connectivity index (χ3v) is 3.18. The Morgan fingerprint density at radius 2 is 1.74 bits per heavy atom. The van der Waals surface area contributed by atoms with Crippen LogP contribution in [0.3, 0.4) is 0 Å². The molecule has 0 spiro atoms. The third kappa shape index (κ3) is 3.97. The molecular weight excluding hydrogens is 298 g/mol. The van der Waals surface area contributed by atoms with E-state index in [1.165, 1.54) is 32.6 Å². The van der Waals surface area contributed by atoms with Crippen LogP contribution in [0.1, 0.15) is 11.1 Å². The minimum absolute atomic E-state index is 0.114. The van der Waals surface area contributed by atoms with Crippen LogP contribution in [0.4, 0.5) is 11.4 Å². The van der Waals surface area contributed by atoms with Gasteiger partial charge in [0.05, 0.1) is 42.7 Å². The molecular formula is C16H17N3O4. The van der Waals surface area contributed by atoms with Crippen LogP contribution in [0.15, 0.2) is 41.5 Å². The first kappa shape index (κ1) is 16.3. The highest BCUT2D eigenvalue weighted by Gasteiger charge is 2.18. The standard InChI is InChI=1S/C16H17N3O4/c1-11-4-6-13(7-5-11)18-17-10-12-8-15(22-2)16(23-3)9-14(12)19(20)21/h4-10,18H,1-3H3/b17-10-. The quantitative estimate of drug-likeness (QED) is 0.502. The Kier molecular flexibility index (Phi) is 5.14. The van der Waals surface area contributed by atoms with Crippen LogP contribution >= 0.6 is 0 Å². The van der Waals surface area contributed by atoms with Crippen LogP contribution in [0.2, 0.25) is 0 Å². The zero-order valence-corrected chi connectivity index (χ0v) is 13.1. The number of hydrazone groups is 1. The van der Waals surface area contributed by atoms with Crippen LogP contribution in [0.25, 0.3) is 0 Å². The first-order valence-electron chi connectivity index (χ1n) is 6.81. The predicted molar refractivity (Wildman–Crippen MR) is 88.6 cm³/mol. The van der Waals surface area contributed by atoms with Gasteiger partial charge in [0.1, 0.15) is 0 Å². The SMILES string of the molecule is COc1cc(/C=N\Nc2ccc(C)cc2)c([N+](=O)[O-])cc1OC. The van der Waals surface area contributed by atoms with Gasteiger partial charge >= 0.3 is 0 Å². The summed E-state index contributed by atoms with van der Waals surface area (Å²) in [6.07, 6.45) is 1.37. The summed E-state index contributed by atoms with van der Waals surface area (Å²) in [6, 6.07) is 10.4. The van der Waals surface area contributed by atoms with Gasteiger partial charge in [-0.25, -0.2) is 0 Å². The van der Waals surface area contributed by atoms with Crippen molar-refractivity contribution < 1.29 is 14.4 Å². The molecule has 0 aliphatic rings. The summed E-state index contributed by atoms with van der Waals surface area (Å²) >= 11 is 0. The molecule has 0 radical (unpaired) electrons. The monoisotopic (exact) mass is 315 g/mol. The lowest BCUT2D eigenvalue weighted by Gasteiger charge is -2.08. The van der Waals surface area contributed by atoms with Crippen molar-refractivity contribution in [1.29, 1.82) is 0 Å². The fourth-order valence-corrected chi connectivity index (χ4v) is 1.95. The Balaban J connectivity index is 2.28. The van der Waals surface area contributed by atoms with E-state index in [2.05, 4.69) is 10.5 Å². The van der Waals surface area contributed by atoms with Crippen molar-refractivity contribution in [3.05, 3.63) is 57.6 Å². The zero-order chi connectivity index (χ0) is 16.8. The Labute approximate surface area is 133 Å². The number of methoxy groups -OCH3 is 2. The summed E-state index contributed by atoms with van der Waals surface area (Å²) < 4.78 is 10.2. The van der Waals surface area contributed by atoms with E-state index in [0.29, 0.717) is 17.1 Å². The van der Waals surface area contributed by atoms with Gasteiger partial charge in [0.25, 0.3) is 5.69 Å². The van der Waals surface area contributed by atoms with Gasteiger partial charge in [0.2, 0.25) is 0 Å². The lowest BCUT2D eigenvalue weighted by atomic mass is 10.1. The minimum Gasteiger partial charge on any atom is -0.493 e. The van der Waals surface area contributed by atoms with Crippen LogP contribution < -0.4 is 14.9 Å². The molecule has 0 aliphatic carbocycles. The fraction of sp³-hybridized carbons (Fsp3) is 0.188. The molecule has 0 saturated heterocycles. The maximum absolute atomic E-state index is 11.2. The molecule has 7 heteroatoms. The predicted octanol–water partition coefficient (Wildman–Crippen LogP) is 3.37. The molecule has 0 unspecified atom stereocenters. The summed E-state index contributed by atoms with van der Waals surface area (Å²) in [6.45, 7) is 1.99. The molecule has 23 heavy (non-hydrogen) atoms. The maximum atomic E-state index is 11.2. The molecule has 0 aliphatic heterocycles. The Morgan fingerprint density at radius 1 is 1.13 bits per heavy atom. The third-order valence-electron chi connectivity index (χ3n) is 3.18. The number of benzene rings is 2. The van der Waals surface area contributed by atoms with Gasteiger partial charge in [-0.15, -0.1) is 0 Å².